The Hall–Kier alpha value is -2.69. The highest BCUT2D eigenvalue weighted by Gasteiger charge is 2.18. The first kappa shape index (κ1) is 12.8. The Morgan fingerprint density at radius 2 is 1.84 bits per heavy atom. The molecule has 2 aromatic carbocycles. The maximum atomic E-state index is 10.9. The Morgan fingerprint density at radius 1 is 1.16 bits per heavy atom. The summed E-state index contributed by atoms with van der Waals surface area (Å²) in [7, 11) is 1.39. The number of nitro groups is 1. The lowest BCUT2D eigenvalue weighted by Gasteiger charge is -2.08. The average Bonchev–Trinajstić information content (AvgIpc) is 2.46. The first-order chi connectivity index (χ1) is 9.17. The number of nitrogens with zero attached hydrogens (tertiary/aromatic N) is 1. The molecule has 0 aromatic heterocycles. The highest BCUT2D eigenvalue weighted by Crippen LogP contribution is 2.37. The van der Waals surface area contributed by atoms with Gasteiger partial charge in [0.25, 0.3) is 0 Å². The van der Waals surface area contributed by atoms with E-state index in [0.29, 0.717) is 11.1 Å². The molecule has 0 spiro atoms. The smallest absolute Gasteiger partial charge is 0.311 e. The summed E-state index contributed by atoms with van der Waals surface area (Å²) in [5, 5.41) is 10.9. The van der Waals surface area contributed by atoms with Crippen LogP contribution in [0, 0.1) is 10.1 Å². The van der Waals surface area contributed by atoms with Gasteiger partial charge in [-0.15, -0.1) is 0 Å². The van der Waals surface area contributed by atoms with E-state index in [1.165, 1.54) is 13.2 Å². The maximum absolute atomic E-state index is 10.9. The van der Waals surface area contributed by atoms with Gasteiger partial charge in [0.2, 0.25) is 5.75 Å². The molecule has 19 heavy (non-hydrogen) atoms. The van der Waals surface area contributed by atoms with Crippen LogP contribution in [0.4, 0.5) is 5.69 Å². The van der Waals surface area contributed by atoms with Crippen molar-refractivity contribution in [2.24, 2.45) is 0 Å². The minimum atomic E-state index is -0.484. The molecule has 0 heterocycles. The number of aldehydes is 1. The summed E-state index contributed by atoms with van der Waals surface area (Å²) >= 11 is 0. The van der Waals surface area contributed by atoms with Gasteiger partial charge in [-0.3, -0.25) is 14.9 Å². The third kappa shape index (κ3) is 2.44. The first-order valence-electron chi connectivity index (χ1n) is 5.54. The van der Waals surface area contributed by atoms with Crippen LogP contribution >= 0.6 is 0 Å². The quantitative estimate of drug-likeness (QED) is 0.479. The highest BCUT2D eigenvalue weighted by molar-refractivity contribution is 5.79. The summed E-state index contributed by atoms with van der Waals surface area (Å²) in [6.07, 6.45) is 0.744. The van der Waals surface area contributed by atoms with E-state index >= 15 is 0 Å². The summed E-state index contributed by atoms with van der Waals surface area (Å²) in [6, 6.07) is 11.5. The molecule has 0 aliphatic rings. The lowest BCUT2D eigenvalue weighted by Crippen LogP contribution is -1.95. The van der Waals surface area contributed by atoms with Gasteiger partial charge in [-0.1, -0.05) is 36.4 Å². The van der Waals surface area contributed by atoms with Crippen molar-refractivity contribution in [1.29, 1.82) is 0 Å². The summed E-state index contributed by atoms with van der Waals surface area (Å²) in [5.41, 5.74) is 1.84. The molecule has 0 bridgehead atoms. The molecule has 0 fully saturated rings. The Labute approximate surface area is 109 Å². The zero-order chi connectivity index (χ0) is 13.8. The van der Waals surface area contributed by atoms with Crippen LogP contribution in [-0.4, -0.2) is 18.3 Å². The zero-order valence-electron chi connectivity index (χ0n) is 10.2. The largest absolute Gasteiger partial charge is 0.490 e. The SMILES string of the molecule is COc1c(-c2ccc(C=O)cc2)cccc1[N+](=O)[O-]. The number of ether oxygens (including phenoxy) is 1. The second-order valence-electron chi connectivity index (χ2n) is 3.85. The van der Waals surface area contributed by atoms with Crippen LogP contribution in [0.25, 0.3) is 11.1 Å². The van der Waals surface area contributed by atoms with Crippen molar-refractivity contribution in [3.8, 4) is 16.9 Å². The Balaban J connectivity index is 2.57. The Kier molecular flexibility index (Phi) is 3.56. The fourth-order valence-electron chi connectivity index (χ4n) is 1.85. The molecule has 2 aromatic rings. The van der Waals surface area contributed by atoms with Gasteiger partial charge in [0, 0.05) is 17.2 Å². The van der Waals surface area contributed by atoms with Gasteiger partial charge < -0.3 is 4.74 Å². The fourth-order valence-corrected chi connectivity index (χ4v) is 1.85. The third-order valence-electron chi connectivity index (χ3n) is 2.75. The molecule has 0 amide bonds. The van der Waals surface area contributed by atoms with E-state index in [1.807, 2.05) is 0 Å². The molecule has 0 N–H and O–H groups in total. The van der Waals surface area contributed by atoms with Crippen LogP contribution in [0.2, 0.25) is 0 Å². The molecule has 0 unspecified atom stereocenters. The predicted molar refractivity (Wildman–Crippen MR) is 70.5 cm³/mol. The normalized spacial score (nSPS) is 9.95. The van der Waals surface area contributed by atoms with Crippen LogP contribution in [0.3, 0.4) is 0 Å². The van der Waals surface area contributed by atoms with Gasteiger partial charge in [-0.25, -0.2) is 0 Å². The topological polar surface area (TPSA) is 69.4 Å². The van der Waals surface area contributed by atoms with Gasteiger partial charge >= 0.3 is 5.69 Å². The average molecular weight is 257 g/mol. The molecule has 2 rings (SSSR count). The second kappa shape index (κ2) is 5.30. The Bertz CT molecular complexity index is 620. The monoisotopic (exact) mass is 257 g/mol. The molecule has 0 atom stereocenters. The van der Waals surface area contributed by atoms with Gasteiger partial charge in [-0.05, 0) is 5.56 Å². The van der Waals surface area contributed by atoms with E-state index in [-0.39, 0.29) is 11.4 Å². The van der Waals surface area contributed by atoms with E-state index in [1.54, 1.807) is 36.4 Å². The van der Waals surface area contributed by atoms with E-state index in [2.05, 4.69) is 0 Å². The number of rotatable bonds is 4. The van der Waals surface area contributed by atoms with Gasteiger partial charge in [-0.2, -0.15) is 0 Å². The fraction of sp³-hybridized carbons (Fsp3) is 0.0714. The number of nitro benzene ring substituents is 1. The predicted octanol–water partition coefficient (Wildman–Crippen LogP) is 3.08. The van der Waals surface area contributed by atoms with Crippen molar-refractivity contribution in [2.75, 3.05) is 7.11 Å². The van der Waals surface area contributed by atoms with Crippen molar-refractivity contribution < 1.29 is 14.5 Å². The molecule has 96 valence electrons. The summed E-state index contributed by atoms with van der Waals surface area (Å²) < 4.78 is 5.14. The standard InChI is InChI=1S/C14H11NO4/c1-19-14-12(3-2-4-13(14)15(17)18)11-7-5-10(9-16)6-8-11/h2-9H,1H3. The Morgan fingerprint density at radius 3 is 2.37 bits per heavy atom. The van der Waals surface area contributed by atoms with E-state index in [0.717, 1.165) is 11.8 Å². The van der Waals surface area contributed by atoms with Crippen LogP contribution in [-0.2, 0) is 0 Å². The molecule has 0 saturated heterocycles. The molecule has 0 aliphatic heterocycles. The van der Waals surface area contributed by atoms with E-state index in [4.69, 9.17) is 4.74 Å². The van der Waals surface area contributed by atoms with Crippen LogP contribution in [0.5, 0.6) is 5.75 Å². The molecule has 0 aliphatic carbocycles. The molecule has 0 radical (unpaired) electrons. The first-order valence-corrected chi connectivity index (χ1v) is 5.54. The number of hydrogen-bond donors (Lipinski definition) is 0. The number of carbonyl (C=O) groups is 1. The van der Waals surface area contributed by atoms with Crippen molar-refractivity contribution in [1.82, 2.24) is 0 Å². The van der Waals surface area contributed by atoms with Crippen LogP contribution in [0.15, 0.2) is 42.5 Å². The molecular formula is C14H11NO4. The van der Waals surface area contributed by atoms with Crippen molar-refractivity contribution in [3.05, 3.63) is 58.1 Å². The summed E-state index contributed by atoms with van der Waals surface area (Å²) in [4.78, 5) is 21.1. The van der Waals surface area contributed by atoms with E-state index in [9.17, 15) is 14.9 Å². The van der Waals surface area contributed by atoms with Crippen LogP contribution in [0.1, 0.15) is 10.4 Å². The number of hydrogen-bond acceptors (Lipinski definition) is 4. The maximum Gasteiger partial charge on any atom is 0.311 e. The minimum absolute atomic E-state index is 0.0838. The number of carbonyl (C=O) groups excluding carboxylic acids is 1. The zero-order valence-corrected chi connectivity index (χ0v) is 10.2. The number of benzene rings is 2. The number of methoxy groups -OCH3 is 1. The van der Waals surface area contributed by atoms with Gasteiger partial charge in [0.05, 0.1) is 12.0 Å². The molecular weight excluding hydrogens is 246 g/mol. The van der Waals surface area contributed by atoms with Crippen LogP contribution < -0.4 is 4.74 Å². The summed E-state index contributed by atoms with van der Waals surface area (Å²) in [6.45, 7) is 0. The third-order valence-corrected chi connectivity index (χ3v) is 2.75. The lowest BCUT2D eigenvalue weighted by molar-refractivity contribution is -0.385. The van der Waals surface area contributed by atoms with E-state index < -0.39 is 4.92 Å². The second-order valence-corrected chi connectivity index (χ2v) is 3.85. The van der Waals surface area contributed by atoms with Crippen molar-refractivity contribution >= 4 is 12.0 Å². The molecule has 5 nitrogen and oxygen atoms in total. The van der Waals surface area contributed by atoms with Crippen molar-refractivity contribution in [2.45, 2.75) is 0 Å². The number of para-hydroxylation sites is 1. The minimum Gasteiger partial charge on any atom is -0.490 e. The highest BCUT2D eigenvalue weighted by atomic mass is 16.6. The lowest BCUT2D eigenvalue weighted by atomic mass is 10.0. The summed E-state index contributed by atoms with van der Waals surface area (Å²) in [5.74, 6) is 0.214. The molecule has 5 heteroatoms. The van der Waals surface area contributed by atoms with Crippen molar-refractivity contribution in [3.63, 3.8) is 0 Å². The van der Waals surface area contributed by atoms with Gasteiger partial charge in [0.1, 0.15) is 6.29 Å². The van der Waals surface area contributed by atoms with Gasteiger partial charge in [0.15, 0.2) is 0 Å². The molecule has 0 saturated carbocycles.